The van der Waals surface area contributed by atoms with Crippen LogP contribution in [0.1, 0.15) is 24.5 Å². The van der Waals surface area contributed by atoms with Gasteiger partial charge in [-0.15, -0.1) is 0 Å². The second-order valence-corrected chi connectivity index (χ2v) is 4.22. The lowest BCUT2D eigenvalue weighted by Gasteiger charge is -2.07. The fourth-order valence-corrected chi connectivity index (χ4v) is 1.80. The Morgan fingerprint density at radius 3 is 2.88 bits per heavy atom. The van der Waals surface area contributed by atoms with Crippen LogP contribution in [-0.2, 0) is 0 Å². The fraction of sp³-hybridized carbons (Fsp3) is 0.417. The minimum absolute atomic E-state index is 0.380. The second kappa shape index (κ2) is 4.37. The van der Waals surface area contributed by atoms with Crippen molar-refractivity contribution in [1.82, 2.24) is 4.98 Å². The summed E-state index contributed by atoms with van der Waals surface area (Å²) in [5.41, 5.74) is 3.81. The molecule has 0 aliphatic rings. The maximum atomic E-state index is 5.65. The van der Waals surface area contributed by atoms with E-state index >= 15 is 0 Å². The molecule has 0 radical (unpaired) electrons. The van der Waals surface area contributed by atoms with Crippen LogP contribution in [0.2, 0.25) is 0 Å². The summed E-state index contributed by atoms with van der Waals surface area (Å²) >= 11 is 4.13. The number of rotatable bonds is 3. The minimum Gasteiger partial charge on any atom is -0.490 e. The SMILES string of the molecule is CCCOc1cc(C)c(C)c2nc(S)oc12. The van der Waals surface area contributed by atoms with Crippen molar-refractivity contribution in [3.63, 3.8) is 0 Å². The van der Waals surface area contributed by atoms with Crippen LogP contribution in [0.4, 0.5) is 0 Å². The summed E-state index contributed by atoms with van der Waals surface area (Å²) in [7, 11) is 0. The summed E-state index contributed by atoms with van der Waals surface area (Å²) in [5, 5.41) is 0.380. The molecule has 0 amide bonds. The summed E-state index contributed by atoms with van der Waals surface area (Å²) in [6, 6.07) is 1.99. The molecule has 0 fully saturated rings. The van der Waals surface area contributed by atoms with E-state index in [0.29, 0.717) is 17.4 Å². The molecule has 0 unspecified atom stereocenters. The molecular formula is C12H15NO2S. The Morgan fingerprint density at radius 2 is 2.19 bits per heavy atom. The Labute approximate surface area is 100 Å². The summed E-state index contributed by atoms with van der Waals surface area (Å²) < 4.78 is 11.1. The van der Waals surface area contributed by atoms with E-state index < -0.39 is 0 Å². The van der Waals surface area contributed by atoms with Crippen molar-refractivity contribution in [2.24, 2.45) is 0 Å². The Morgan fingerprint density at radius 1 is 1.44 bits per heavy atom. The van der Waals surface area contributed by atoms with Crippen LogP contribution in [0.25, 0.3) is 11.1 Å². The molecule has 0 aliphatic carbocycles. The first kappa shape index (κ1) is 11.3. The Balaban J connectivity index is 2.59. The van der Waals surface area contributed by atoms with Crippen LogP contribution in [0.3, 0.4) is 0 Å². The van der Waals surface area contributed by atoms with Gasteiger partial charge in [-0.05, 0) is 37.5 Å². The number of hydrogen-bond donors (Lipinski definition) is 1. The van der Waals surface area contributed by atoms with E-state index in [1.54, 1.807) is 0 Å². The van der Waals surface area contributed by atoms with Gasteiger partial charge in [-0.3, -0.25) is 0 Å². The van der Waals surface area contributed by atoms with E-state index in [9.17, 15) is 0 Å². The maximum absolute atomic E-state index is 5.65. The van der Waals surface area contributed by atoms with E-state index in [1.807, 2.05) is 19.9 Å². The molecule has 86 valence electrons. The molecular weight excluding hydrogens is 222 g/mol. The molecule has 0 saturated heterocycles. The van der Waals surface area contributed by atoms with Crippen molar-refractivity contribution >= 4 is 23.7 Å². The third kappa shape index (κ3) is 1.89. The lowest BCUT2D eigenvalue weighted by atomic mass is 10.1. The van der Waals surface area contributed by atoms with Gasteiger partial charge in [0.05, 0.1) is 6.61 Å². The number of fused-ring (bicyclic) bond motifs is 1. The van der Waals surface area contributed by atoms with Gasteiger partial charge in [0.2, 0.25) is 0 Å². The number of oxazole rings is 1. The number of aromatic nitrogens is 1. The zero-order valence-corrected chi connectivity index (χ0v) is 10.6. The standard InChI is InChI=1S/C12H15NO2S/c1-4-5-14-9-6-7(2)8(3)10-11(9)15-12(16)13-10/h6H,4-5H2,1-3H3,(H,13,16). The zero-order chi connectivity index (χ0) is 11.7. The summed E-state index contributed by atoms with van der Waals surface area (Å²) in [6.45, 7) is 6.82. The number of thiol groups is 1. The molecule has 2 rings (SSSR count). The van der Waals surface area contributed by atoms with Crippen LogP contribution in [-0.4, -0.2) is 11.6 Å². The van der Waals surface area contributed by atoms with Gasteiger partial charge < -0.3 is 9.15 Å². The quantitative estimate of drug-likeness (QED) is 0.829. The van der Waals surface area contributed by atoms with Crippen LogP contribution in [0.5, 0.6) is 5.75 Å². The van der Waals surface area contributed by atoms with Gasteiger partial charge in [0.1, 0.15) is 5.52 Å². The number of benzene rings is 1. The minimum atomic E-state index is 0.380. The van der Waals surface area contributed by atoms with Crippen LogP contribution in [0.15, 0.2) is 15.7 Å². The molecule has 3 nitrogen and oxygen atoms in total. The van der Waals surface area contributed by atoms with Crippen molar-refractivity contribution in [2.75, 3.05) is 6.61 Å². The van der Waals surface area contributed by atoms with Crippen molar-refractivity contribution in [2.45, 2.75) is 32.4 Å². The smallest absolute Gasteiger partial charge is 0.253 e. The second-order valence-electron chi connectivity index (χ2n) is 3.84. The van der Waals surface area contributed by atoms with E-state index in [2.05, 4.69) is 24.5 Å². The Hall–Kier alpha value is -1.16. The van der Waals surface area contributed by atoms with E-state index in [0.717, 1.165) is 28.8 Å². The lowest BCUT2D eigenvalue weighted by molar-refractivity contribution is 0.314. The van der Waals surface area contributed by atoms with Gasteiger partial charge in [-0.1, -0.05) is 19.6 Å². The first-order valence-electron chi connectivity index (χ1n) is 5.36. The lowest BCUT2D eigenvalue weighted by Crippen LogP contribution is -1.96. The van der Waals surface area contributed by atoms with Gasteiger partial charge in [0.15, 0.2) is 11.3 Å². The van der Waals surface area contributed by atoms with Crippen molar-refractivity contribution in [3.8, 4) is 5.75 Å². The number of ether oxygens (including phenoxy) is 1. The number of aryl methyl sites for hydroxylation is 2. The van der Waals surface area contributed by atoms with Gasteiger partial charge in [-0.2, -0.15) is 0 Å². The van der Waals surface area contributed by atoms with Crippen LogP contribution in [0, 0.1) is 13.8 Å². The molecule has 0 spiro atoms. The molecule has 0 saturated carbocycles. The summed E-state index contributed by atoms with van der Waals surface area (Å²) in [6.07, 6.45) is 0.969. The van der Waals surface area contributed by atoms with Crippen molar-refractivity contribution in [1.29, 1.82) is 0 Å². The largest absolute Gasteiger partial charge is 0.490 e. The molecule has 1 aromatic carbocycles. The van der Waals surface area contributed by atoms with E-state index in [4.69, 9.17) is 9.15 Å². The van der Waals surface area contributed by atoms with E-state index in [1.165, 1.54) is 0 Å². The normalized spacial score (nSPS) is 11.0. The van der Waals surface area contributed by atoms with E-state index in [-0.39, 0.29) is 0 Å². The summed E-state index contributed by atoms with van der Waals surface area (Å²) in [5.74, 6) is 0.757. The average molecular weight is 237 g/mol. The zero-order valence-electron chi connectivity index (χ0n) is 9.70. The fourth-order valence-electron chi connectivity index (χ4n) is 1.61. The maximum Gasteiger partial charge on any atom is 0.253 e. The average Bonchev–Trinajstić information content (AvgIpc) is 2.64. The first-order chi connectivity index (χ1) is 7.63. The highest BCUT2D eigenvalue weighted by atomic mass is 32.1. The molecule has 0 N–H and O–H groups in total. The first-order valence-corrected chi connectivity index (χ1v) is 5.80. The Kier molecular flexibility index (Phi) is 3.10. The summed E-state index contributed by atoms with van der Waals surface area (Å²) in [4.78, 5) is 4.26. The third-order valence-electron chi connectivity index (χ3n) is 2.60. The topological polar surface area (TPSA) is 35.3 Å². The molecule has 1 heterocycles. The molecule has 1 aromatic heterocycles. The van der Waals surface area contributed by atoms with Crippen LogP contribution >= 0.6 is 12.6 Å². The van der Waals surface area contributed by atoms with Crippen molar-refractivity contribution in [3.05, 3.63) is 17.2 Å². The molecule has 4 heteroatoms. The predicted molar refractivity (Wildman–Crippen MR) is 66.5 cm³/mol. The monoisotopic (exact) mass is 237 g/mol. The van der Waals surface area contributed by atoms with Gasteiger partial charge in [0, 0.05) is 0 Å². The molecule has 2 aromatic rings. The van der Waals surface area contributed by atoms with Gasteiger partial charge in [0.25, 0.3) is 5.22 Å². The Bertz CT molecular complexity index is 519. The predicted octanol–water partition coefficient (Wildman–Crippen LogP) is 3.52. The van der Waals surface area contributed by atoms with Crippen molar-refractivity contribution < 1.29 is 9.15 Å². The molecule has 0 bridgehead atoms. The number of nitrogens with zero attached hydrogens (tertiary/aromatic N) is 1. The number of hydrogen-bond acceptors (Lipinski definition) is 4. The molecule has 0 aliphatic heterocycles. The molecule has 0 atom stereocenters. The third-order valence-corrected chi connectivity index (χ3v) is 2.79. The highest BCUT2D eigenvalue weighted by molar-refractivity contribution is 7.80. The van der Waals surface area contributed by atoms with Gasteiger partial charge >= 0.3 is 0 Å². The highest BCUT2D eigenvalue weighted by Crippen LogP contribution is 2.32. The van der Waals surface area contributed by atoms with Gasteiger partial charge in [-0.25, -0.2) is 4.98 Å². The molecule has 16 heavy (non-hydrogen) atoms. The van der Waals surface area contributed by atoms with Crippen LogP contribution < -0.4 is 4.74 Å². The highest BCUT2D eigenvalue weighted by Gasteiger charge is 2.14.